The molecule has 2 N–H and O–H groups in total. The Kier molecular flexibility index (Phi) is 6.31. The largest absolute Gasteiger partial charge is 0.348 e. The van der Waals surface area contributed by atoms with Crippen molar-refractivity contribution < 1.29 is 14.0 Å². The first-order valence-corrected chi connectivity index (χ1v) is 9.77. The van der Waals surface area contributed by atoms with Crippen LogP contribution in [-0.4, -0.2) is 11.8 Å². The van der Waals surface area contributed by atoms with Crippen molar-refractivity contribution in [1.82, 2.24) is 5.32 Å². The molecule has 0 aromatic heterocycles. The Morgan fingerprint density at radius 1 is 0.767 bits per heavy atom. The molecule has 0 spiro atoms. The van der Waals surface area contributed by atoms with Crippen molar-refractivity contribution in [3.8, 4) is 0 Å². The lowest BCUT2D eigenvalue weighted by Gasteiger charge is -2.19. The summed E-state index contributed by atoms with van der Waals surface area (Å²) in [5, 5.41) is 5.61. The molecule has 0 unspecified atom stereocenters. The summed E-state index contributed by atoms with van der Waals surface area (Å²) < 4.78 is 13.0. The van der Waals surface area contributed by atoms with E-state index >= 15 is 0 Å². The molecule has 0 saturated heterocycles. The normalized spacial score (nSPS) is 11.1. The van der Waals surface area contributed by atoms with Gasteiger partial charge in [-0.15, -0.1) is 0 Å². The monoisotopic (exact) mass is 404 g/mol. The predicted molar refractivity (Wildman–Crippen MR) is 117 cm³/mol. The Morgan fingerprint density at radius 3 is 1.87 bits per heavy atom. The molecule has 5 heteroatoms. The standard InChI is InChI=1S/C25H25FN2O2/c1-25(2,3)20-10-8-18(9-11-20)23(29)27-16-17-4-6-19(7-5-17)24(30)28-22-14-12-21(26)13-15-22/h4-15H,16H2,1-3H3,(H,27,29)(H,28,30). The second-order valence-electron chi connectivity index (χ2n) is 8.17. The number of nitrogens with one attached hydrogen (secondary N) is 2. The maximum Gasteiger partial charge on any atom is 0.255 e. The van der Waals surface area contributed by atoms with Gasteiger partial charge in [-0.1, -0.05) is 45.0 Å². The summed E-state index contributed by atoms with van der Waals surface area (Å²) >= 11 is 0. The molecule has 0 radical (unpaired) electrons. The molecular weight excluding hydrogens is 379 g/mol. The number of benzene rings is 3. The lowest BCUT2D eigenvalue weighted by atomic mass is 9.87. The van der Waals surface area contributed by atoms with Crippen molar-refractivity contribution >= 4 is 17.5 Å². The van der Waals surface area contributed by atoms with Gasteiger partial charge >= 0.3 is 0 Å². The van der Waals surface area contributed by atoms with Crippen molar-refractivity contribution in [2.75, 3.05) is 5.32 Å². The van der Waals surface area contributed by atoms with Crippen LogP contribution in [0.15, 0.2) is 72.8 Å². The van der Waals surface area contributed by atoms with Crippen LogP contribution in [0.5, 0.6) is 0 Å². The number of rotatable bonds is 5. The van der Waals surface area contributed by atoms with Gasteiger partial charge in [0.15, 0.2) is 0 Å². The van der Waals surface area contributed by atoms with Gasteiger partial charge in [0.05, 0.1) is 0 Å². The van der Waals surface area contributed by atoms with Crippen LogP contribution in [-0.2, 0) is 12.0 Å². The van der Waals surface area contributed by atoms with E-state index in [-0.39, 0.29) is 23.0 Å². The van der Waals surface area contributed by atoms with E-state index in [1.54, 1.807) is 24.3 Å². The number of carbonyl (C=O) groups excluding carboxylic acids is 2. The highest BCUT2D eigenvalue weighted by atomic mass is 19.1. The summed E-state index contributed by atoms with van der Waals surface area (Å²) in [6.07, 6.45) is 0. The predicted octanol–water partition coefficient (Wildman–Crippen LogP) is 5.31. The number of hydrogen-bond donors (Lipinski definition) is 2. The molecular formula is C25H25FN2O2. The van der Waals surface area contributed by atoms with Crippen LogP contribution >= 0.6 is 0 Å². The summed E-state index contributed by atoms with van der Waals surface area (Å²) in [5.41, 5.74) is 3.71. The Balaban J connectivity index is 1.55. The third-order valence-electron chi connectivity index (χ3n) is 4.78. The van der Waals surface area contributed by atoms with Gasteiger partial charge in [-0.3, -0.25) is 9.59 Å². The van der Waals surface area contributed by atoms with E-state index < -0.39 is 0 Å². The quantitative estimate of drug-likeness (QED) is 0.606. The SMILES string of the molecule is CC(C)(C)c1ccc(C(=O)NCc2ccc(C(=O)Nc3ccc(F)cc3)cc2)cc1. The van der Waals surface area contributed by atoms with Crippen molar-refractivity contribution in [2.45, 2.75) is 32.7 Å². The maximum absolute atomic E-state index is 13.0. The van der Waals surface area contributed by atoms with Crippen LogP contribution in [0.1, 0.15) is 52.6 Å². The lowest BCUT2D eigenvalue weighted by molar-refractivity contribution is 0.0949. The first kappa shape index (κ1) is 21.2. The average Bonchev–Trinajstić information content (AvgIpc) is 2.73. The summed E-state index contributed by atoms with van der Waals surface area (Å²) in [6, 6.07) is 20.2. The van der Waals surface area contributed by atoms with Gasteiger partial charge in [-0.2, -0.15) is 0 Å². The highest BCUT2D eigenvalue weighted by Crippen LogP contribution is 2.22. The highest BCUT2D eigenvalue weighted by Gasteiger charge is 2.14. The third kappa shape index (κ3) is 5.54. The number of carbonyl (C=O) groups is 2. The van der Waals surface area contributed by atoms with Gasteiger partial charge in [0.2, 0.25) is 0 Å². The van der Waals surface area contributed by atoms with Crippen molar-refractivity contribution in [2.24, 2.45) is 0 Å². The number of anilines is 1. The van der Waals surface area contributed by atoms with Gasteiger partial charge < -0.3 is 10.6 Å². The van der Waals surface area contributed by atoms with Crippen LogP contribution in [0.4, 0.5) is 10.1 Å². The first-order valence-electron chi connectivity index (χ1n) is 9.77. The number of halogens is 1. The molecule has 0 heterocycles. The molecule has 0 fully saturated rings. The Bertz CT molecular complexity index is 1020. The van der Waals surface area contributed by atoms with Crippen LogP contribution in [0.3, 0.4) is 0 Å². The van der Waals surface area contributed by atoms with E-state index in [0.29, 0.717) is 23.4 Å². The zero-order chi connectivity index (χ0) is 21.7. The first-order chi connectivity index (χ1) is 14.2. The minimum absolute atomic E-state index is 0.0414. The Hall–Kier alpha value is -3.47. The summed E-state index contributed by atoms with van der Waals surface area (Å²) in [7, 11) is 0. The van der Waals surface area contributed by atoms with Crippen LogP contribution in [0.25, 0.3) is 0 Å². The fourth-order valence-electron chi connectivity index (χ4n) is 2.92. The molecule has 3 aromatic carbocycles. The summed E-state index contributed by atoms with van der Waals surface area (Å²) in [4.78, 5) is 24.7. The highest BCUT2D eigenvalue weighted by molar-refractivity contribution is 6.04. The second kappa shape index (κ2) is 8.91. The molecule has 0 aliphatic heterocycles. The second-order valence-corrected chi connectivity index (χ2v) is 8.17. The fourth-order valence-corrected chi connectivity index (χ4v) is 2.92. The molecule has 2 amide bonds. The van der Waals surface area contributed by atoms with Gasteiger partial charge in [-0.25, -0.2) is 4.39 Å². The van der Waals surface area contributed by atoms with E-state index in [1.165, 1.54) is 29.8 Å². The van der Waals surface area contributed by atoms with E-state index in [9.17, 15) is 14.0 Å². The number of hydrogen-bond acceptors (Lipinski definition) is 2. The van der Waals surface area contributed by atoms with Crippen molar-refractivity contribution in [1.29, 1.82) is 0 Å². The fraction of sp³-hybridized carbons (Fsp3) is 0.200. The van der Waals surface area contributed by atoms with Crippen LogP contribution in [0.2, 0.25) is 0 Å². The van der Waals surface area contributed by atoms with E-state index in [1.807, 2.05) is 24.3 Å². The average molecular weight is 404 g/mol. The molecule has 0 saturated carbocycles. The van der Waals surface area contributed by atoms with E-state index in [4.69, 9.17) is 0 Å². The van der Waals surface area contributed by atoms with Crippen molar-refractivity contribution in [3.05, 3.63) is 101 Å². The molecule has 30 heavy (non-hydrogen) atoms. The van der Waals surface area contributed by atoms with E-state index in [2.05, 4.69) is 31.4 Å². The smallest absolute Gasteiger partial charge is 0.255 e. The lowest BCUT2D eigenvalue weighted by Crippen LogP contribution is -2.23. The molecule has 4 nitrogen and oxygen atoms in total. The Labute approximate surface area is 176 Å². The van der Waals surface area contributed by atoms with Gasteiger partial charge in [0.25, 0.3) is 11.8 Å². The van der Waals surface area contributed by atoms with E-state index in [0.717, 1.165) is 5.56 Å². The maximum atomic E-state index is 13.0. The number of amides is 2. The molecule has 0 bridgehead atoms. The van der Waals surface area contributed by atoms with Gasteiger partial charge in [-0.05, 0) is 65.1 Å². The Morgan fingerprint density at radius 2 is 1.30 bits per heavy atom. The summed E-state index contributed by atoms with van der Waals surface area (Å²) in [6.45, 7) is 6.75. The molecule has 3 aromatic rings. The molecule has 0 atom stereocenters. The van der Waals surface area contributed by atoms with Crippen molar-refractivity contribution in [3.63, 3.8) is 0 Å². The van der Waals surface area contributed by atoms with Crippen LogP contribution in [0, 0.1) is 5.82 Å². The third-order valence-corrected chi connectivity index (χ3v) is 4.78. The molecule has 154 valence electrons. The zero-order valence-electron chi connectivity index (χ0n) is 17.3. The van der Waals surface area contributed by atoms with Crippen LogP contribution < -0.4 is 10.6 Å². The zero-order valence-corrected chi connectivity index (χ0v) is 17.3. The van der Waals surface area contributed by atoms with Gasteiger partial charge in [0, 0.05) is 23.4 Å². The molecule has 0 aliphatic carbocycles. The molecule has 0 aliphatic rings. The van der Waals surface area contributed by atoms with Gasteiger partial charge in [0.1, 0.15) is 5.82 Å². The topological polar surface area (TPSA) is 58.2 Å². The summed E-state index contributed by atoms with van der Waals surface area (Å²) in [5.74, 6) is -0.783. The minimum Gasteiger partial charge on any atom is -0.348 e. The molecule has 3 rings (SSSR count). The minimum atomic E-state index is -0.357.